The van der Waals surface area contributed by atoms with E-state index in [1.165, 1.54) is 0 Å². The van der Waals surface area contributed by atoms with Gasteiger partial charge < -0.3 is 19.3 Å². The molecule has 0 aromatic heterocycles. The lowest BCUT2D eigenvalue weighted by molar-refractivity contribution is -0.142. The van der Waals surface area contributed by atoms with Gasteiger partial charge in [-0.25, -0.2) is 0 Å². The molecule has 0 spiro atoms. The van der Waals surface area contributed by atoms with E-state index < -0.39 is 11.9 Å². The van der Waals surface area contributed by atoms with Crippen LogP contribution in [0.15, 0.2) is 42.5 Å². The van der Waals surface area contributed by atoms with Gasteiger partial charge in [0, 0.05) is 6.07 Å². The average Bonchev–Trinajstić information content (AvgIpc) is 2.64. The lowest BCUT2D eigenvalue weighted by Gasteiger charge is -2.11. The van der Waals surface area contributed by atoms with Crippen LogP contribution in [-0.4, -0.2) is 31.9 Å². The Kier molecular flexibility index (Phi) is 6.46. The first-order valence-corrected chi connectivity index (χ1v) is 7.88. The molecule has 0 aliphatic carbocycles. The Morgan fingerprint density at radius 2 is 1.56 bits per heavy atom. The van der Waals surface area contributed by atoms with Crippen LogP contribution in [0, 0.1) is 5.92 Å². The number of rotatable bonds is 8. The summed E-state index contributed by atoms with van der Waals surface area (Å²) in [5.74, 6) is 0.561. The van der Waals surface area contributed by atoms with Crippen LogP contribution >= 0.6 is 0 Å². The molecule has 1 N–H and O–H groups in total. The largest absolute Gasteiger partial charge is 0.497 e. The zero-order chi connectivity index (χ0) is 18.2. The summed E-state index contributed by atoms with van der Waals surface area (Å²) in [7, 11) is 3.21. The monoisotopic (exact) mass is 342 g/mol. The van der Waals surface area contributed by atoms with E-state index in [9.17, 15) is 4.79 Å². The number of ether oxygens (including phenoxy) is 3. The van der Waals surface area contributed by atoms with Crippen molar-refractivity contribution in [3.05, 3.63) is 53.6 Å². The molecule has 5 heteroatoms. The van der Waals surface area contributed by atoms with Crippen molar-refractivity contribution >= 4 is 18.1 Å². The topological polar surface area (TPSA) is 65.0 Å². The first-order chi connectivity index (χ1) is 12.0. The minimum Gasteiger partial charge on any atom is -0.497 e. The maximum Gasteiger partial charge on any atom is 0.309 e. The number of methoxy groups -OCH3 is 2. The van der Waals surface area contributed by atoms with Crippen molar-refractivity contribution in [1.82, 2.24) is 0 Å². The molecule has 0 bridgehead atoms. The zero-order valence-electron chi connectivity index (χ0n) is 14.6. The second-order valence-corrected chi connectivity index (χ2v) is 5.60. The molecule has 0 amide bonds. The van der Waals surface area contributed by atoms with E-state index in [2.05, 4.69) is 0 Å². The van der Waals surface area contributed by atoms with Crippen molar-refractivity contribution in [2.45, 2.75) is 6.92 Å². The summed E-state index contributed by atoms with van der Waals surface area (Å²) in [6, 6.07) is 13.2. The second-order valence-electron chi connectivity index (χ2n) is 5.60. The molecule has 2 aromatic carbocycles. The summed E-state index contributed by atoms with van der Waals surface area (Å²) < 4.78 is 16.0. The van der Waals surface area contributed by atoms with Crippen molar-refractivity contribution in [2.24, 2.45) is 5.92 Å². The van der Waals surface area contributed by atoms with Gasteiger partial charge >= 0.3 is 5.97 Å². The van der Waals surface area contributed by atoms with E-state index >= 15 is 0 Å². The number of hydrogen-bond donors (Lipinski definition) is 1. The molecule has 0 aliphatic rings. The van der Waals surface area contributed by atoms with Crippen LogP contribution in [-0.2, 0) is 4.79 Å². The molecular formula is C20H22O5. The molecule has 132 valence electrons. The SMILES string of the molecule is COc1ccc(/C=C/c2cc(OC)cc(OCC(C)C(=O)O)c2)cc1. The molecule has 0 saturated heterocycles. The molecule has 5 nitrogen and oxygen atoms in total. The Morgan fingerprint density at radius 3 is 2.16 bits per heavy atom. The Labute approximate surface area is 147 Å². The Hall–Kier alpha value is -2.95. The maximum absolute atomic E-state index is 10.9. The van der Waals surface area contributed by atoms with Gasteiger partial charge in [-0.05, 0) is 42.3 Å². The molecule has 0 aliphatic heterocycles. The van der Waals surface area contributed by atoms with Crippen LogP contribution in [0.25, 0.3) is 12.2 Å². The first-order valence-electron chi connectivity index (χ1n) is 7.88. The quantitative estimate of drug-likeness (QED) is 0.735. The predicted octanol–water partition coefficient (Wildman–Crippen LogP) is 3.97. The van der Waals surface area contributed by atoms with E-state index in [4.69, 9.17) is 19.3 Å². The number of carbonyl (C=O) groups is 1. The Morgan fingerprint density at radius 1 is 0.960 bits per heavy atom. The van der Waals surface area contributed by atoms with E-state index in [1.807, 2.05) is 48.6 Å². The van der Waals surface area contributed by atoms with Crippen molar-refractivity contribution < 1.29 is 24.1 Å². The van der Waals surface area contributed by atoms with Gasteiger partial charge in [0.05, 0.1) is 20.1 Å². The van der Waals surface area contributed by atoms with Gasteiger partial charge in [-0.1, -0.05) is 24.3 Å². The van der Waals surface area contributed by atoms with Crippen LogP contribution in [0.2, 0.25) is 0 Å². The van der Waals surface area contributed by atoms with Gasteiger partial charge in [-0.3, -0.25) is 4.79 Å². The predicted molar refractivity (Wildman–Crippen MR) is 97.2 cm³/mol. The summed E-state index contributed by atoms with van der Waals surface area (Å²) in [4.78, 5) is 10.9. The van der Waals surface area contributed by atoms with Gasteiger partial charge in [-0.2, -0.15) is 0 Å². The molecule has 0 radical (unpaired) electrons. The van der Waals surface area contributed by atoms with Crippen molar-refractivity contribution in [3.8, 4) is 17.2 Å². The highest BCUT2D eigenvalue weighted by Gasteiger charge is 2.12. The fourth-order valence-electron chi connectivity index (χ4n) is 2.09. The fraction of sp³-hybridized carbons (Fsp3) is 0.250. The third-order valence-electron chi connectivity index (χ3n) is 3.64. The normalized spacial score (nSPS) is 12.0. The van der Waals surface area contributed by atoms with Crippen molar-refractivity contribution in [3.63, 3.8) is 0 Å². The highest BCUT2D eigenvalue weighted by Crippen LogP contribution is 2.25. The van der Waals surface area contributed by atoms with Gasteiger partial charge in [0.2, 0.25) is 0 Å². The van der Waals surface area contributed by atoms with Gasteiger partial charge in [-0.15, -0.1) is 0 Å². The van der Waals surface area contributed by atoms with Gasteiger partial charge in [0.1, 0.15) is 23.9 Å². The lowest BCUT2D eigenvalue weighted by Crippen LogP contribution is -2.17. The molecular weight excluding hydrogens is 320 g/mol. The third kappa shape index (κ3) is 5.57. The van der Waals surface area contributed by atoms with E-state index in [1.54, 1.807) is 27.2 Å². The summed E-state index contributed by atoms with van der Waals surface area (Å²) in [6.45, 7) is 1.71. The van der Waals surface area contributed by atoms with Gasteiger partial charge in [0.15, 0.2) is 0 Å². The summed E-state index contributed by atoms with van der Waals surface area (Å²) in [5.41, 5.74) is 1.93. The van der Waals surface area contributed by atoms with Crippen LogP contribution in [0.5, 0.6) is 17.2 Å². The molecule has 1 atom stereocenters. The van der Waals surface area contributed by atoms with E-state index in [0.717, 1.165) is 16.9 Å². The molecule has 1 unspecified atom stereocenters. The highest BCUT2D eigenvalue weighted by molar-refractivity contribution is 5.71. The third-order valence-corrected chi connectivity index (χ3v) is 3.64. The van der Waals surface area contributed by atoms with Crippen LogP contribution in [0.3, 0.4) is 0 Å². The number of carboxylic acid groups (broad SMARTS) is 1. The number of carboxylic acids is 1. The summed E-state index contributed by atoms with van der Waals surface area (Å²) in [5, 5.41) is 8.94. The minimum absolute atomic E-state index is 0.101. The maximum atomic E-state index is 10.9. The van der Waals surface area contributed by atoms with Crippen LogP contribution < -0.4 is 14.2 Å². The van der Waals surface area contributed by atoms with Crippen molar-refractivity contribution in [2.75, 3.05) is 20.8 Å². The molecule has 25 heavy (non-hydrogen) atoms. The minimum atomic E-state index is -0.887. The highest BCUT2D eigenvalue weighted by atomic mass is 16.5. The lowest BCUT2D eigenvalue weighted by atomic mass is 10.1. The standard InChI is InChI=1S/C20H22O5/c1-14(20(21)22)13-25-19-11-16(10-18(12-19)24-3)5-4-15-6-8-17(23-2)9-7-15/h4-12,14H,13H2,1-3H3,(H,21,22)/b5-4+. The Bertz CT molecular complexity index is 734. The molecule has 2 rings (SSSR count). The molecule has 2 aromatic rings. The van der Waals surface area contributed by atoms with Crippen LogP contribution in [0.4, 0.5) is 0 Å². The molecule has 0 saturated carbocycles. The Balaban J connectivity index is 2.14. The fourth-order valence-corrected chi connectivity index (χ4v) is 2.09. The second kappa shape index (κ2) is 8.78. The smallest absolute Gasteiger partial charge is 0.309 e. The number of aliphatic carboxylic acids is 1. The molecule has 0 fully saturated rings. The summed E-state index contributed by atoms with van der Waals surface area (Å²) >= 11 is 0. The van der Waals surface area contributed by atoms with E-state index in [0.29, 0.717) is 11.5 Å². The van der Waals surface area contributed by atoms with Crippen LogP contribution in [0.1, 0.15) is 18.1 Å². The average molecular weight is 342 g/mol. The first kappa shape index (κ1) is 18.4. The summed E-state index contributed by atoms with van der Waals surface area (Å²) in [6.07, 6.45) is 3.91. The number of benzene rings is 2. The van der Waals surface area contributed by atoms with E-state index in [-0.39, 0.29) is 6.61 Å². The van der Waals surface area contributed by atoms with Gasteiger partial charge in [0.25, 0.3) is 0 Å². The zero-order valence-corrected chi connectivity index (χ0v) is 14.6. The molecule has 0 heterocycles. The van der Waals surface area contributed by atoms with Crippen molar-refractivity contribution in [1.29, 1.82) is 0 Å². The number of hydrogen-bond acceptors (Lipinski definition) is 4.